The van der Waals surface area contributed by atoms with Gasteiger partial charge in [-0.1, -0.05) is 0 Å². The maximum atomic E-state index is 16.0. The number of ether oxygens (including phenoxy) is 1. The summed E-state index contributed by atoms with van der Waals surface area (Å²) in [5.41, 5.74) is 1.66. The molecule has 1 fully saturated rings. The van der Waals surface area contributed by atoms with Gasteiger partial charge in [-0.3, -0.25) is 4.98 Å². The van der Waals surface area contributed by atoms with Gasteiger partial charge in [0.05, 0.1) is 24.5 Å². The van der Waals surface area contributed by atoms with Gasteiger partial charge < -0.3 is 19.6 Å². The third kappa shape index (κ3) is 6.64. The molecule has 39 heavy (non-hydrogen) atoms. The number of aromatic nitrogens is 1. The fourth-order valence-corrected chi connectivity index (χ4v) is 5.59. The van der Waals surface area contributed by atoms with Crippen LogP contribution in [0.5, 0.6) is 5.75 Å². The standard InChI is InChI=1S/C30H37F4N3O2/c1-36(2)27-18-35-26-7-6-22(39-3)17-23(26)28(27)24(32)8-9-30(19-38)10-13-37(14-11-30)12-4-5-20-15-21(31)16-25(33)29(20)34/h6-7,15-18,24,38H,4-5,8-14,19H2,1-3H3/t24-/m0/s1. The van der Waals surface area contributed by atoms with Gasteiger partial charge in [-0.25, -0.2) is 17.6 Å². The Labute approximate surface area is 227 Å². The number of aliphatic hydroxyl groups is 1. The summed E-state index contributed by atoms with van der Waals surface area (Å²) in [5.74, 6) is -2.30. The number of halogens is 4. The van der Waals surface area contributed by atoms with Crippen molar-refractivity contribution in [2.45, 2.75) is 44.7 Å². The Bertz CT molecular complexity index is 1280. The van der Waals surface area contributed by atoms with E-state index in [0.29, 0.717) is 60.8 Å². The number of fused-ring (bicyclic) bond motifs is 1. The molecular formula is C30H37F4N3O2. The third-order valence-corrected chi connectivity index (χ3v) is 8.06. The molecule has 0 bridgehead atoms. The lowest BCUT2D eigenvalue weighted by molar-refractivity contribution is 0.0300. The van der Waals surface area contributed by atoms with Crippen molar-refractivity contribution < 1.29 is 27.4 Å². The van der Waals surface area contributed by atoms with Crippen LogP contribution >= 0.6 is 0 Å². The molecule has 1 aliphatic heterocycles. The highest BCUT2D eigenvalue weighted by molar-refractivity contribution is 5.88. The van der Waals surface area contributed by atoms with E-state index >= 15 is 4.39 Å². The first-order chi connectivity index (χ1) is 18.7. The second-order valence-electron chi connectivity index (χ2n) is 10.8. The molecule has 1 aliphatic rings. The smallest absolute Gasteiger partial charge is 0.162 e. The average molecular weight is 548 g/mol. The van der Waals surface area contributed by atoms with E-state index in [-0.39, 0.29) is 30.4 Å². The summed E-state index contributed by atoms with van der Waals surface area (Å²) in [5, 5.41) is 11.0. The third-order valence-electron chi connectivity index (χ3n) is 8.06. The molecule has 0 unspecified atom stereocenters. The zero-order valence-electron chi connectivity index (χ0n) is 22.8. The molecule has 0 spiro atoms. The number of aliphatic hydroxyl groups excluding tert-OH is 1. The fourth-order valence-electron chi connectivity index (χ4n) is 5.59. The molecule has 0 radical (unpaired) electrons. The average Bonchev–Trinajstić information content (AvgIpc) is 2.94. The molecule has 2 heterocycles. The van der Waals surface area contributed by atoms with Crippen molar-refractivity contribution in [3.05, 3.63) is 65.1 Å². The molecule has 1 saturated heterocycles. The van der Waals surface area contributed by atoms with Crippen molar-refractivity contribution in [3.63, 3.8) is 0 Å². The molecule has 0 saturated carbocycles. The molecule has 9 heteroatoms. The minimum absolute atomic E-state index is 0.0210. The van der Waals surface area contributed by atoms with Crippen molar-refractivity contribution in [3.8, 4) is 5.75 Å². The van der Waals surface area contributed by atoms with E-state index < -0.39 is 23.6 Å². The van der Waals surface area contributed by atoms with Gasteiger partial charge in [0.2, 0.25) is 0 Å². The summed E-state index contributed by atoms with van der Waals surface area (Å²) >= 11 is 0. The second-order valence-corrected chi connectivity index (χ2v) is 10.8. The van der Waals surface area contributed by atoms with Crippen LogP contribution in [0.25, 0.3) is 10.9 Å². The Morgan fingerprint density at radius 1 is 1.13 bits per heavy atom. The summed E-state index contributed by atoms with van der Waals surface area (Å²) < 4.78 is 62.2. The van der Waals surface area contributed by atoms with Gasteiger partial charge in [0.1, 0.15) is 17.7 Å². The van der Waals surface area contributed by atoms with Crippen LogP contribution in [0.3, 0.4) is 0 Å². The number of hydrogen-bond acceptors (Lipinski definition) is 5. The zero-order chi connectivity index (χ0) is 28.2. The molecule has 0 aliphatic carbocycles. The van der Waals surface area contributed by atoms with Crippen LogP contribution in [0, 0.1) is 22.9 Å². The Balaban J connectivity index is 1.38. The van der Waals surface area contributed by atoms with E-state index in [2.05, 4.69) is 9.88 Å². The number of likely N-dealkylation sites (tertiary alicyclic amines) is 1. The van der Waals surface area contributed by atoms with Crippen LogP contribution in [0.2, 0.25) is 0 Å². The van der Waals surface area contributed by atoms with Crippen LogP contribution in [-0.4, -0.2) is 62.4 Å². The number of methoxy groups -OCH3 is 1. The quantitative estimate of drug-likeness (QED) is 0.228. The first kappa shape index (κ1) is 29.1. The summed E-state index contributed by atoms with van der Waals surface area (Å²) in [7, 11) is 5.31. The van der Waals surface area contributed by atoms with Gasteiger partial charge in [0.15, 0.2) is 11.6 Å². The molecule has 2 aromatic carbocycles. The topological polar surface area (TPSA) is 48.8 Å². The number of alkyl halides is 1. The van der Waals surface area contributed by atoms with Crippen LogP contribution in [0.1, 0.15) is 49.4 Å². The lowest BCUT2D eigenvalue weighted by atomic mass is 9.74. The lowest BCUT2D eigenvalue weighted by Crippen LogP contribution is -2.42. The van der Waals surface area contributed by atoms with Crippen molar-refractivity contribution in [2.75, 3.05) is 52.3 Å². The van der Waals surface area contributed by atoms with Crippen molar-refractivity contribution in [1.29, 1.82) is 0 Å². The molecule has 4 rings (SSSR count). The van der Waals surface area contributed by atoms with Gasteiger partial charge in [0.25, 0.3) is 0 Å². The fraction of sp³-hybridized carbons (Fsp3) is 0.500. The van der Waals surface area contributed by atoms with E-state index in [1.807, 2.05) is 37.2 Å². The number of anilines is 1. The number of pyridine rings is 1. The molecule has 1 atom stereocenters. The van der Waals surface area contributed by atoms with E-state index in [0.717, 1.165) is 24.5 Å². The summed E-state index contributed by atoms with van der Waals surface area (Å²) in [6.45, 7) is 2.07. The molecule has 3 aromatic rings. The van der Waals surface area contributed by atoms with Crippen molar-refractivity contribution in [2.24, 2.45) is 5.41 Å². The summed E-state index contributed by atoms with van der Waals surface area (Å²) in [6.07, 6.45) is 3.48. The Morgan fingerprint density at radius 2 is 1.87 bits per heavy atom. The van der Waals surface area contributed by atoms with E-state index in [9.17, 15) is 18.3 Å². The van der Waals surface area contributed by atoms with Gasteiger partial charge in [-0.2, -0.15) is 0 Å². The van der Waals surface area contributed by atoms with Gasteiger partial charge in [-0.05, 0) is 93.4 Å². The Morgan fingerprint density at radius 3 is 2.54 bits per heavy atom. The normalized spacial score (nSPS) is 16.4. The van der Waals surface area contributed by atoms with E-state index in [1.54, 1.807) is 13.3 Å². The van der Waals surface area contributed by atoms with Crippen LogP contribution in [0.4, 0.5) is 23.2 Å². The maximum absolute atomic E-state index is 16.0. The monoisotopic (exact) mass is 547 g/mol. The number of hydrogen-bond donors (Lipinski definition) is 1. The van der Waals surface area contributed by atoms with Crippen LogP contribution < -0.4 is 9.64 Å². The first-order valence-electron chi connectivity index (χ1n) is 13.4. The number of nitrogens with zero attached hydrogens (tertiary/aromatic N) is 3. The molecule has 212 valence electrons. The molecular weight excluding hydrogens is 510 g/mol. The van der Waals surface area contributed by atoms with E-state index in [4.69, 9.17) is 4.74 Å². The van der Waals surface area contributed by atoms with Gasteiger partial charge in [-0.15, -0.1) is 0 Å². The minimum atomic E-state index is -1.25. The first-order valence-corrected chi connectivity index (χ1v) is 13.4. The summed E-state index contributed by atoms with van der Waals surface area (Å²) in [6, 6.07) is 7.05. The van der Waals surface area contributed by atoms with Crippen molar-refractivity contribution in [1.82, 2.24) is 9.88 Å². The highest BCUT2D eigenvalue weighted by Crippen LogP contribution is 2.42. The second kappa shape index (κ2) is 12.5. The molecule has 0 amide bonds. The highest BCUT2D eigenvalue weighted by Gasteiger charge is 2.35. The predicted molar refractivity (Wildman–Crippen MR) is 146 cm³/mol. The Kier molecular flexibility index (Phi) is 9.33. The predicted octanol–water partition coefficient (Wildman–Crippen LogP) is 6.22. The Hall–Kier alpha value is -2.91. The van der Waals surface area contributed by atoms with Crippen LogP contribution in [-0.2, 0) is 6.42 Å². The largest absolute Gasteiger partial charge is 0.497 e. The highest BCUT2D eigenvalue weighted by atomic mass is 19.2. The lowest BCUT2D eigenvalue weighted by Gasteiger charge is -2.41. The number of benzene rings is 2. The SMILES string of the molecule is COc1ccc2ncc(N(C)C)c([C@@H](F)CCC3(CO)CCN(CCCc4cc(F)cc(F)c4F)CC3)c2c1. The molecule has 1 N–H and O–H groups in total. The number of piperidine rings is 1. The van der Waals surface area contributed by atoms with Crippen molar-refractivity contribution >= 4 is 16.6 Å². The minimum Gasteiger partial charge on any atom is -0.497 e. The van der Waals surface area contributed by atoms with Crippen LogP contribution in [0.15, 0.2) is 36.5 Å². The van der Waals surface area contributed by atoms with E-state index in [1.165, 1.54) is 0 Å². The van der Waals surface area contributed by atoms with Gasteiger partial charge in [0, 0.05) is 37.7 Å². The summed E-state index contributed by atoms with van der Waals surface area (Å²) in [4.78, 5) is 8.57. The number of aryl methyl sites for hydroxylation is 1. The molecule has 5 nitrogen and oxygen atoms in total. The number of rotatable bonds is 11. The van der Waals surface area contributed by atoms with Gasteiger partial charge >= 0.3 is 0 Å². The maximum Gasteiger partial charge on any atom is 0.162 e. The zero-order valence-corrected chi connectivity index (χ0v) is 22.8. The molecule has 1 aromatic heterocycles.